The van der Waals surface area contributed by atoms with Crippen molar-refractivity contribution in [3.63, 3.8) is 0 Å². The SMILES string of the molecule is COc1ccc(COC(CCCCCC=O)C(=O)Nc2ccccc2)cc1. The first-order valence-corrected chi connectivity index (χ1v) is 9.27. The van der Waals surface area contributed by atoms with E-state index < -0.39 is 6.10 Å². The van der Waals surface area contributed by atoms with E-state index in [1.807, 2.05) is 54.6 Å². The van der Waals surface area contributed by atoms with E-state index in [0.29, 0.717) is 19.4 Å². The summed E-state index contributed by atoms with van der Waals surface area (Å²) in [6, 6.07) is 17.0. The topological polar surface area (TPSA) is 64.6 Å². The third-order valence-corrected chi connectivity index (χ3v) is 4.23. The van der Waals surface area contributed by atoms with Crippen molar-refractivity contribution >= 4 is 17.9 Å². The van der Waals surface area contributed by atoms with E-state index in [1.165, 1.54) is 0 Å². The average Bonchev–Trinajstić information content (AvgIpc) is 2.71. The van der Waals surface area contributed by atoms with Gasteiger partial charge in [-0.3, -0.25) is 4.79 Å². The summed E-state index contributed by atoms with van der Waals surface area (Å²) in [5.41, 5.74) is 1.73. The molecular formula is C22H27NO4. The molecule has 0 radical (unpaired) electrons. The van der Waals surface area contributed by atoms with E-state index in [1.54, 1.807) is 7.11 Å². The molecule has 5 heteroatoms. The van der Waals surface area contributed by atoms with Crippen LogP contribution in [0.25, 0.3) is 0 Å². The molecule has 0 aromatic heterocycles. The molecule has 27 heavy (non-hydrogen) atoms. The van der Waals surface area contributed by atoms with Crippen LogP contribution in [0.5, 0.6) is 5.75 Å². The van der Waals surface area contributed by atoms with E-state index in [0.717, 1.165) is 42.5 Å². The van der Waals surface area contributed by atoms with Crippen LogP contribution in [0.3, 0.4) is 0 Å². The molecule has 0 saturated carbocycles. The van der Waals surface area contributed by atoms with Crippen molar-refractivity contribution in [2.75, 3.05) is 12.4 Å². The smallest absolute Gasteiger partial charge is 0.253 e. The third kappa shape index (κ3) is 7.62. The summed E-state index contributed by atoms with van der Waals surface area (Å²) < 4.78 is 11.1. The van der Waals surface area contributed by atoms with Crippen LogP contribution in [-0.2, 0) is 20.9 Å². The Balaban J connectivity index is 1.92. The summed E-state index contributed by atoms with van der Waals surface area (Å²) >= 11 is 0. The number of para-hydroxylation sites is 1. The number of carbonyl (C=O) groups is 2. The van der Waals surface area contributed by atoms with Crippen molar-refractivity contribution in [2.45, 2.75) is 44.8 Å². The predicted octanol–water partition coefficient (Wildman–Crippen LogP) is 4.37. The van der Waals surface area contributed by atoms with Gasteiger partial charge in [0.1, 0.15) is 18.1 Å². The van der Waals surface area contributed by atoms with Gasteiger partial charge in [0.15, 0.2) is 0 Å². The number of benzene rings is 2. The molecule has 0 heterocycles. The fourth-order valence-corrected chi connectivity index (χ4v) is 2.69. The van der Waals surface area contributed by atoms with Crippen LogP contribution in [0, 0.1) is 0 Å². The summed E-state index contributed by atoms with van der Waals surface area (Å²) in [7, 11) is 1.63. The Bertz CT molecular complexity index is 685. The Hall–Kier alpha value is -2.66. The molecule has 5 nitrogen and oxygen atoms in total. The van der Waals surface area contributed by atoms with Crippen LogP contribution in [0.4, 0.5) is 5.69 Å². The Labute approximate surface area is 160 Å². The van der Waals surface area contributed by atoms with Gasteiger partial charge < -0.3 is 19.6 Å². The van der Waals surface area contributed by atoms with Gasteiger partial charge in [0, 0.05) is 12.1 Å². The quantitative estimate of drug-likeness (QED) is 0.446. The number of aldehydes is 1. The Morgan fingerprint density at radius 3 is 2.44 bits per heavy atom. The van der Waals surface area contributed by atoms with Gasteiger partial charge >= 0.3 is 0 Å². The number of ether oxygens (including phenoxy) is 2. The summed E-state index contributed by atoms with van der Waals surface area (Å²) in [6.45, 7) is 0.352. The normalized spacial score (nSPS) is 11.6. The minimum Gasteiger partial charge on any atom is -0.497 e. The summed E-state index contributed by atoms with van der Waals surface area (Å²) in [5, 5.41) is 2.91. The monoisotopic (exact) mass is 369 g/mol. The van der Waals surface area contributed by atoms with Crippen molar-refractivity contribution in [2.24, 2.45) is 0 Å². The Morgan fingerprint density at radius 1 is 1.04 bits per heavy atom. The van der Waals surface area contributed by atoms with Crippen molar-refractivity contribution in [1.82, 2.24) is 0 Å². The van der Waals surface area contributed by atoms with Crippen molar-refractivity contribution in [3.05, 3.63) is 60.2 Å². The molecule has 1 atom stereocenters. The van der Waals surface area contributed by atoms with E-state index in [9.17, 15) is 9.59 Å². The predicted molar refractivity (Wildman–Crippen MR) is 106 cm³/mol. The van der Waals surface area contributed by atoms with Gasteiger partial charge in [-0.05, 0) is 42.7 Å². The van der Waals surface area contributed by atoms with Crippen molar-refractivity contribution < 1.29 is 19.1 Å². The highest BCUT2D eigenvalue weighted by Gasteiger charge is 2.19. The molecule has 0 aliphatic carbocycles. The second kappa shape index (κ2) is 11.9. The van der Waals surface area contributed by atoms with Crippen LogP contribution >= 0.6 is 0 Å². The van der Waals surface area contributed by atoms with Gasteiger partial charge in [0.25, 0.3) is 5.91 Å². The minimum atomic E-state index is -0.538. The zero-order valence-corrected chi connectivity index (χ0v) is 15.7. The van der Waals surface area contributed by atoms with E-state index in [2.05, 4.69) is 5.32 Å². The molecular weight excluding hydrogens is 342 g/mol. The lowest BCUT2D eigenvalue weighted by atomic mass is 10.1. The molecule has 0 aliphatic rings. The van der Waals surface area contributed by atoms with Gasteiger partial charge in [-0.1, -0.05) is 43.2 Å². The third-order valence-electron chi connectivity index (χ3n) is 4.23. The lowest BCUT2D eigenvalue weighted by molar-refractivity contribution is -0.128. The molecule has 0 bridgehead atoms. The van der Waals surface area contributed by atoms with E-state index in [4.69, 9.17) is 9.47 Å². The Morgan fingerprint density at radius 2 is 1.78 bits per heavy atom. The van der Waals surface area contributed by atoms with Gasteiger partial charge in [0.2, 0.25) is 0 Å². The van der Waals surface area contributed by atoms with Crippen LogP contribution < -0.4 is 10.1 Å². The summed E-state index contributed by atoms with van der Waals surface area (Å²) in [5.74, 6) is 0.636. The fourth-order valence-electron chi connectivity index (χ4n) is 2.69. The van der Waals surface area contributed by atoms with E-state index in [-0.39, 0.29) is 5.91 Å². The highest BCUT2D eigenvalue weighted by molar-refractivity contribution is 5.94. The molecule has 1 N–H and O–H groups in total. The number of hydrogen-bond donors (Lipinski definition) is 1. The minimum absolute atomic E-state index is 0.148. The number of unbranched alkanes of at least 4 members (excludes halogenated alkanes) is 3. The molecule has 0 fully saturated rings. The molecule has 2 aromatic carbocycles. The maximum absolute atomic E-state index is 12.6. The number of rotatable bonds is 12. The first-order valence-electron chi connectivity index (χ1n) is 9.27. The van der Waals surface area contributed by atoms with Gasteiger partial charge in [0.05, 0.1) is 13.7 Å². The van der Waals surface area contributed by atoms with Crippen LogP contribution in [-0.4, -0.2) is 25.4 Å². The van der Waals surface area contributed by atoms with Crippen LogP contribution in [0.1, 0.15) is 37.7 Å². The molecule has 0 saturated heterocycles. The zero-order valence-electron chi connectivity index (χ0n) is 15.7. The lowest BCUT2D eigenvalue weighted by Crippen LogP contribution is -2.30. The molecule has 0 spiro atoms. The summed E-state index contributed by atoms with van der Waals surface area (Å²) in [6.07, 6.45) is 4.16. The fraction of sp³-hybridized carbons (Fsp3) is 0.364. The number of methoxy groups -OCH3 is 1. The number of nitrogens with one attached hydrogen (secondary N) is 1. The van der Waals surface area contributed by atoms with E-state index >= 15 is 0 Å². The standard InChI is InChI=1S/C22H27NO4/c1-26-20-14-12-18(13-15-20)17-27-21(11-7-2-3-8-16-24)22(25)23-19-9-5-4-6-10-19/h4-6,9-10,12-16,21H,2-3,7-8,11,17H2,1H3,(H,23,25). The van der Waals surface area contributed by atoms with Crippen LogP contribution in [0.15, 0.2) is 54.6 Å². The molecule has 1 amide bonds. The molecule has 2 aromatic rings. The number of anilines is 1. The Kier molecular flexibility index (Phi) is 9.07. The highest BCUT2D eigenvalue weighted by atomic mass is 16.5. The molecule has 1 unspecified atom stereocenters. The molecule has 144 valence electrons. The zero-order chi connectivity index (χ0) is 19.3. The van der Waals surface area contributed by atoms with Gasteiger partial charge in [-0.25, -0.2) is 0 Å². The largest absolute Gasteiger partial charge is 0.497 e. The first-order chi connectivity index (χ1) is 13.2. The second-order valence-corrected chi connectivity index (χ2v) is 6.31. The molecule has 2 rings (SSSR count). The highest BCUT2D eigenvalue weighted by Crippen LogP contribution is 2.16. The first kappa shape index (κ1) is 20.6. The second-order valence-electron chi connectivity index (χ2n) is 6.31. The molecule has 0 aliphatic heterocycles. The number of carbonyl (C=O) groups excluding carboxylic acids is 2. The summed E-state index contributed by atoms with van der Waals surface area (Å²) in [4.78, 5) is 23.1. The number of hydrogen-bond acceptors (Lipinski definition) is 4. The van der Waals surface area contributed by atoms with Gasteiger partial charge in [-0.15, -0.1) is 0 Å². The van der Waals surface area contributed by atoms with Crippen molar-refractivity contribution in [1.29, 1.82) is 0 Å². The maximum Gasteiger partial charge on any atom is 0.253 e. The maximum atomic E-state index is 12.6. The lowest BCUT2D eigenvalue weighted by Gasteiger charge is -2.18. The van der Waals surface area contributed by atoms with Crippen molar-refractivity contribution in [3.8, 4) is 5.75 Å². The average molecular weight is 369 g/mol. The van der Waals surface area contributed by atoms with Gasteiger partial charge in [-0.2, -0.15) is 0 Å². The number of amides is 1. The van der Waals surface area contributed by atoms with Crippen LogP contribution in [0.2, 0.25) is 0 Å².